The number of amides is 1. The van der Waals surface area contributed by atoms with E-state index in [9.17, 15) is 9.90 Å². The van der Waals surface area contributed by atoms with Crippen molar-refractivity contribution in [1.29, 1.82) is 0 Å². The average Bonchev–Trinajstić information content (AvgIpc) is 2.58. The van der Waals surface area contributed by atoms with Crippen LogP contribution in [0.15, 0.2) is 24.3 Å². The van der Waals surface area contributed by atoms with Gasteiger partial charge in [0.1, 0.15) is 5.75 Å². The zero-order valence-electron chi connectivity index (χ0n) is 9.06. The van der Waals surface area contributed by atoms with Gasteiger partial charge in [-0.2, -0.15) is 0 Å². The smallest absolute Gasteiger partial charge is 0.224 e. The van der Waals surface area contributed by atoms with E-state index in [1.807, 2.05) is 24.0 Å². The number of phenolic OH excluding ortho intramolecular Hbond substituents is 1. The van der Waals surface area contributed by atoms with E-state index in [0.717, 1.165) is 12.1 Å². The molecule has 4 heteroatoms. The van der Waals surface area contributed by atoms with E-state index in [-0.39, 0.29) is 22.5 Å². The summed E-state index contributed by atoms with van der Waals surface area (Å²) in [6, 6.07) is 7.08. The van der Waals surface area contributed by atoms with Crippen LogP contribution in [0.25, 0.3) is 0 Å². The molecular weight excluding hydrogens is 270 g/mol. The van der Waals surface area contributed by atoms with E-state index in [0.29, 0.717) is 6.42 Å². The van der Waals surface area contributed by atoms with Crippen molar-refractivity contribution >= 4 is 21.8 Å². The third-order valence-corrected chi connectivity index (χ3v) is 3.57. The fourth-order valence-electron chi connectivity index (χ4n) is 1.99. The molecule has 0 aromatic heterocycles. The van der Waals surface area contributed by atoms with Crippen molar-refractivity contribution in [2.75, 3.05) is 6.54 Å². The second kappa shape index (κ2) is 4.45. The van der Waals surface area contributed by atoms with E-state index in [4.69, 9.17) is 0 Å². The molecule has 0 aliphatic carbocycles. The number of nitrogens with zero attached hydrogens (tertiary/aromatic N) is 1. The number of hydrogen-bond acceptors (Lipinski definition) is 2. The van der Waals surface area contributed by atoms with Gasteiger partial charge >= 0.3 is 0 Å². The van der Waals surface area contributed by atoms with E-state index >= 15 is 0 Å². The van der Waals surface area contributed by atoms with Gasteiger partial charge in [0.2, 0.25) is 5.91 Å². The lowest BCUT2D eigenvalue weighted by molar-refractivity contribution is -0.129. The summed E-state index contributed by atoms with van der Waals surface area (Å²) in [5, 5.41) is 9.21. The molecule has 1 aromatic rings. The Kier molecular flexibility index (Phi) is 3.19. The first-order valence-electron chi connectivity index (χ1n) is 5.30. The van der Waals surface area contributed by atoms with Gasteiger partial charge in [0, 0.05) is 17.8 Å². The van der Waals surface area contributed by atoms with Crippen LogP contribution < -0.4 is 0 Å². The highest BCUT2D eigenvalue weighted by Crippen LogP contribution is 2.28. The second-order valence-corrected chi connectivity index (χ2v) is 5.41. The molecule has 1 N–H and O–H groups in total. The van der Waals surface area contributed by atoms with E-state index in [1.54, 1.807) is 12.1 Å². The number of carbonyl (C=O) groups is 1. The van der Waals surface area contributed by atoms with Gasteiger partial charge in [0.15, 0.2) is 0 Å². The maximum absolute atomic E-state index is 11.7. The molecule has 2 atom stereocenters. The first kappa shape index (κ1) is 11.5. The van der Waals surface area contributed by atoms with Gasteiger partial charge in [-0.05, 0) is 24.6 Å². The number of aromatic hydroxyl groups is 1. The standard InChI is InChI=1S/C12H14BrNO2/c1-8(9-2-4-11(15)5-3-9)14-7-10(13)6-12(14)16/h2-5,8,10,15H,6-7H2,1H3. The Morgan fingerprint density at radius 1 is 1.44 bits per heavy atom. The summed E-state index contributed by atoms with van der Waals surface area (Å²) in [5.41, 5.74) is 1.05. The molecule has 1 heterocycles. The Balaban J connectivity index is 2.16. The van der Waals surface area contributed by atoms with Gasteiger partial charge in [-0.25, -0.2) is 0 Å². The lowest BCUT2D eigenvalue weighted by Gasteiger charge is -2.24. The molecule has 1 aliphatic rings. The van der Waals surface area contributed by atoms with Crippen molar-refractivity contribution < 1.29 is 9.90 Å². The van der Waals surface area contributed by atoms with Crippen LogP contribution in [0, 0.1) is 0 Å². The SMILES string of the molecule is CC(c1ccc(O)cc1)N1CC(Br)CC1=O. The highest BCUT2D eigenvalue weighted by molar-refractivity contribution is 9.09. The number of rotatable bonds is 2. The Morgan fingerprint density at radius 3 is 2.56 bits per heavy atom. The van der Waals surface area contributed by atoms with Crippen LogP contribution in [-0.2, 0) is 4.79 Å². The molecule has 1 amide bonds. The first-order chi connectivity index (χ1) is 7.58. The fourth-order valence-corrected chi connectivity index (χ4v) is 2.58. The minimum atomic E-state index is 0.0654. The summed E-state index contributed by atoms with van der Waals surface area (Å²) in [7, 11) is 0. The topological polar surface area (TPSA) is 40.5 Å². The summed E-state index contributed by atoms with van der Waals surface area (Å²) in [4.78, 5) is 13.8. The molecule has 1 saturated heterocycles. The van der Waals surface area contributed by atoms with Crippen molar-refractivity contribution in [2.24, 2.45) is 0 Å². The molecule has 86 valence electrons. The van der Waals surface area contributed by atoms with E-state index < -0.39 is 0 Å². The molecule has 0 saturated carbocycles. The lowest BCUT2D eigenvalue weighted by atomic mass is 10.1. The zero-order chi connectivity index (χ0) is 11.7. The monoisotopic (exact) mass is 283 g/mol. The molecule has 0 spiro atoms. The van der Waals surface area contributed by atoms with Gasteiger partial charge in [0.05, 0.1) is 6.04 Å². The molecule has 3 nitrogen and oxygen atoms in total. The minimum absolute atomic E-state index is 0.0654. The van der Waals surface area contributed by atoms with Gasteiger partial charge in [-0.1, -0.05) is 28.1 Å². The number of phenols is 1. The Morgan fingerprint density at radius 2 is 2.06 bits per heavy atom. The summed E-state index contributed by atoms with van der Waals surface area (Å²) in [6.45, 7) is 2.76. The quantitative estimate of drug-likeness (QED) is 0.847. The predicted octanol–water partition coefficient (Wildman–Crippen LogP) is 2.45. The van der Waals surface area contributed by atoms with E-state index in [1.165, 1.54) is 0 Å². The fraction of sp³-hybridized carbons (Fsp3) is 0.417. The zero-order valence-corrected chi connectivity index (χ0v) is 10.6. The summed E-state index contributed by atoms with van der Waals surface area (Å²) >= 11 is 3.47. The minimum Gasteiger partial charge on any atom is -0.508 e. The molecule has 1 aromatic carbocycles. The molecule has 1 fully saturated rings. The average molecular weight is 284 g/mol. The van der Waals surface area contributed by atoms with Crippen molar-refractivity contribution in [3.8, 4) is 5.75 Å². The Bertz CT molecular complexity index is 391. The highest BCUT2D eigenvalue weighted by atomic mass is 79.9. The molecule has 16 heavy (non-hydrogen) atoms. The molecule has 2 unspecified atom stereocenters. The van der Waals surface area contributed by atoms with Crippen LogP contribution in [0.2, 0.25) is 0 Å². The summed E-state index contributed by atoms with van der Waals surface area (Å²) in [6.07, 6.45) is 0.572. The number of halogens is 1. The Labute approximate surface area is 103 Å². The second-order valence-electron chi connectivity index (χ2n) is 4.12. The van der Waals surface area contributed by atoms with Crippen LogP contribution >= 0.6 is 15.9 Å². The predicted molar refractivity (Wildman–Crippen MR) is 65.6 cm³/mol. The number of likely N-dealkylation sites (tertiary alicyclic amines) is 1. The third-order valence-electron chi connectivity index (χ3n) is 2.95. The van der Waals surface area contributed by atoms with Crippen LogP contribution in [0.5, 0.6) is 5.75 Å². The maximum atomic E-state index is 11.7. The molecule has 0 radical (unpaired) electrons. The first-order valence-corrected chi connectivity index (χ1v) is 6.22. The van der Waals surface area contributed by atoms with Gasteiger partial charge in [-0.3, -0.25) is 4.79 Å². The molecular formula is C12H14BrNO2. The van der Waals surface area contributed by atoms with Crippen LogP contribution in [0.1, 0.15) is 24.9 Å². The maximum Gasteiger partial charge on any atom is 0.224 e. The summed E-state index contributed by atoms with van der Waals surface area (Å²) < 4.78 is 0. The van der Waals surface area contributed by atoms with E-state index in [2.05, 4.69) is 15.9 Å². The molecule has 2 rings (SSSR count). The van der Waals surface area contributed by atoms with Crippen LogP contribution in [0.4, 0.5) is 0 Å². The molecule has 1 aliphatic heterocycles. The van der Waals surface area contributed by atoms with Gasteiger partial charge in [-0.15, -0.1) is 0 Å². The number of carbonyl (C=O) groups excluding carboxylic acids is 1. The van der Waals surface area contributed by atoms with Crippen molar-refractivity contribution in [3.05, 3.63) is 29.8 Å². The highest BCUT2D eigenvalue weighted by Gasteiger charge is 2.31. The van der Waals surface area contributed by atoms with Crippen molar-refractivity contribution in [3.63, 3.8) is 0 Å². The largest absolute Gasteiger partial charge is 0.508 e. The van der Waals surface area contributed by atoms with Crippen molar-refractivity contribution in [2.45, 2.75) is 24.2 Å². The lowest BCUT2D eigenvalue weighted by Crippen LogP contribution is -2.28. The van der Waals surface area contributed by atoms with Crippen molar-refractivity contribution in [1.82, 2.24) is 4.90 Å². The summed E-state index contributed by atoms with van der Waals surface area (Å²) in [5.74, 6) is 0.435. The Hall–Kier alpha value is -1.03. The van der Waals surface area contributed by atoms with Gasteiger partial charge in [0.25, 0.3) is 0 Å². The van der Waals surface area contributed by atoms with Crippen LogP contribution in [-0.4, -0.2) is 27.3 Å². The van der Waals surface area contributed by atoms with Gasteiger partial charge < -0.3 is 10.0 Å². The normalized spacial score (nSPS) is 22.5. The third kappa shape index (κ3) is 2.21. The number of benzene rings is 1. The number of hydrogen-bond donors (Lipinski definition) is 1. The number of alkyl halides is 1. The molecule has 0 bridgehead atoms. The van der Waals surface area contributed by atoms with Crippen LogP contribution in [0.3, 0.4) is 0 Å².